The van der Waals surface area contributed by atoms with Crippen LogP contribution in [0.2, 0.25) is 0 Å². The second-order valence-corrected chi connectivity index (χ2v) is 10.5. The Kier molecular flexibility index (Phi) is 4.46. The molecule has 4 saturated carbocycles. The van der Waals surface area contributed by atoms with Crippen LogP contribution in [0.4, 0.5) is 4.79 Å². The van der Waals surface area contributed by atoms with Crippen LogP contribution in [0.5, 0.6) is 0 Å². The highest BCUT2D eigenvalue weighted by molar-refractivity contribution is 5.69. The van der Waals surface area contributed by atoms with Crippen molar-refractivity contribution < 1.29 is 9.53 Å². The van der Waals surface area contributed by atoms with Crippen LogP contribution in [-0.2, 0) is 11.3 Å². The van der Waals surface area contributed by atoms with Gasteiger partial charge in [0.1, 0.15) is 6.61 Å². The first-order chi connectivity index (χ1) is 14.2. The van der Waals surface area contributed by atoms with Gasteiger partial charge in [0, 0.05) is 6.04 Å². The van der Waals surface area contributed by atoms with Crippen molar-refractivity contribution in [2.75, 3.05) is 0 Å². The van der Waals surface area contributed by atoms with Gasteiger partial charge in [-0.1, -0.05) is 42.0 Å². The lowest BCUT2D eigenvalue weighted by molar-refractivity contribution is -0.0268. The predicted octanol–water partition coefficient (Wildman–Crippen LogP) is 5.95. The van der Waals surface area contributed by atoms with Crippen LogP contribution in [0.3, 0.4) is 0 Å². The van der Waals surface area contributed by atoms with E-state index in [1.807, 2.05) is 30.3 Å². The molecule has 3 nitrogen and oxygen atoms in total. The van der Waals surface area contributed by atoms with Gasteiger partial charge in [-0.15, -0.1) is 0 Å². The molecule has 6 aliphatic rings. The Morgan fingerprint density at radius 2 is 1.69 bits per heavy atom. The Balaban J connectivity index is 1.19. The first-order valence-electron chi connectivity index (χ1n) is 11.9. The summed E-state index contributed by atoms with van der Waals surface area (Å²) in [5.41, 5.74) is 2.79. The van der Waals surface area contributed by atoms with Gasteiger partial charge >= 0.3 is 6.09 Å². The highest BCUT2D eigenvalue weighted by Gasteiger charge is 2.50. The number of ether oxygens (including phenoxy) is 1. The minimum atomic E-state index is -0.107. The third-order valence-corrected chi connectivity index (χ3v) is 8.74. The number of hydrogen-bond donors (Lipinski definition) is 0. The Morgan fingerprint density at radius 1 is 0.966 bits per heavy atom. The minimum Gasteiger partial charge on any atom is -0.445 e. The van der Waals surface area contributed by atoms with Gasteiger partial charge in [0.05, 0.1) is 6.04 Å². The molecule has 2 atom stereocenters. The molecule has 0 aromatic heterocycles. The van der Waals surface area contributed by atoms with E-state index in [1.54, 1.807) is 5.57 Å². The summed E-state index contributed by atoms with van der Waals surface area (Å²) in [6.45, 7) is 0.377. The fourth-order valence-corrected chi connectivity index (χ4v) is 7.92. The SMILES string of the molecule is O=C(OCc1ccccc1)N1C2C=C(C3C4CC5CC(C4)CC3C5)CC1CCC2. The number of amides is 1. The average Bonchev–Trinajstić information content (AvgIpc) is 2.71. The van der Waals surface area contributed by atoms with Crippen molar-refractivity contribution in [1.82, 2.24) is 4.90 Å². The van der Waals surface area contributed by atoms with E-state index in [4.69, 9.17) is 4.74 Å². The quantitative estimate of drug-likeness (QED) is 0.596. The molecule has 2 unspecified atom stereocenters. The average molecular weight is 392 g/mol. The lowest BCUT2D eigenvalue weighted by atomic mass is 9.50. The summed E-state index contributed by atoms with van der Waals surface area (Å²) >= 11 is 0. The maximum Gasteiger partial charge on any atom is 0.410 e. The molecule has 0 spiro atoms. The van der Waals surface area contributed by atoms with Gasteiger partial charge in [-0.3, -0.25) is 4.90 Å². The van der Waals surface area contributed by atoms with Crippen LogP contribution >= 0.6 is 0 Å². The predicted molar refractivity (Wildman–Crippen MR) is 113 cm³/mol. The van der Waals surface area contributed by atoms with E-state index >= 15 is 0 Å². The molecule has 2 aliphatic heterocycles. The molecule has 1 saturated heterocycles. The molecular weight excluding hydrogens is 358 g/mol. The van der Waals surface area contributed by atoms with Crippen LogP contribution in [0.15, 0.2) is 42.0 Å². The number of carbonyl (C=O) groups is 1. The van der Waals surface area contributed by atoms with Gasteiger partial charge in [0.15, 0.2) is 0 Å². The van der Waals surface area contributed by atoms with Gasteiger partial charge in [0.2, 0.25) is 0 Å². The van der Waals surface area contributed by atoms with Crippen molar-refractivity contribution in [3.05, 3.63) is 47.5 Å². The fraction of sp³-hybridized carbons (Fsp3) is 0.654. The van der Waals surface area contributed by atoms with Crippen molar-refractivity contribution in [1.29, 1.82) is 0 Å². The van der Waals surface area contributed by atoms with E-state index < -0.39 is 0 Å². The van der Waals surface area contributed by atoms with Crippen LogP contribution in [-0.4, -0.2) is 23.1 Å². The van der Waals surface area contributed by atoms with E-state index in [1.165, 1.54) is 38.5 Å². The van der Waals surface area contributed by atoms with Gasteiger partial charge in [-0.2, -0.15) is 0 Å². The van der Waals surface area contributed by atoms with Crippen LogP contribution < -0.4 is 0 Å². The molecule has 4 aliphatic carbocycles. The lowest BCUT2D eigenvalue weighted by Crippen LogP contribution is -2.54. The molecule has 2 heterocycles. The molecule has 5 fully saturated rings. The monoisotopic (exact) mass is 391 g/mol. The van der Waals surface area contributed by atoms with Crippen molar-refractivity contribution in [2.45, 2.75) is 76.5 Å². The van der Waals surface area contributed by atoms with Crippen LogP contribution in [0.1, 0.15) is 63.4 Å². The zero-order valence-corrected chi connectivity index (χ0v) is 17.3. The number of rotatable bonds is 3. The summed E-state index contributed by atoms with van der Waals surface area (Å²) in [5.74, 6) is 4.77. The molecule has 0 N–H and O–H groups in total. The summed E-state index contributed by atoms with van der Waals surface area (Å²) in [6.07, 6.45) is 14.4. The molecular formula is C26H33NO2. The zero-order valence-electron chi connectivity index (χ0n) is 17.3. The van der Waals surface area contributed by atoms with Gasteiger partial charge in [-0.05, 0) is 92.9 Å². The maximum atomic E-state index is 13.0. The Labute approximate surface area is 174 Å². The Bertz CT molecular complexity index is 772. The summed E-state index contributed by atoms with van der Waals surface area (Å²) in [6, 6.07) is 10.7. The van der Waals surface area contributed by atoms with Crippen LogP contribution in [0, 0.1) is 29.6 Å². The van der Waals surface area contributed by atoms with E-state index in [2.05, 4.69) is 11.0 Å². The second kappa shape index (κ2) is 7.18. The molecule has 6 bridgehead atoms. The van der Waals surface area contributed by atoms with Crippen molar-refractivity contribution in [3.63, 3.8) is 0 Å². The first kappa shape index (κ1) is 18.0. The maximum absolute atomic E-state index is 13.0. The number of hydrogen-bond acceptors (Lipinski definition) is 2. The smallest absolute Gasteiger partial charge is 0.410 e. The van der Waals surface area contributed by atoms with Gasteiger partial charge < -0.3 is 4.74 Å². The number of fused-ring (bicyclic) bond motifs is 2. The summed E-state index contributed by atoms with van der Waals surface area (Å²) < 4.78 is 5.74. The van der Waals surface area contributed by atoms with Crippen molar-refractivity contribution in [3.8, 4) is 0 Å². The summed E-state index contributed by atoms with van der Waals surface area (Å²) in [4.78, 5) is 15.1. The number of piperidine rings is 1. The van der Waals surface area contributed by atoms with Crippen molar-refractivity contribution >= 4 is 6.09 Å². The molecule has 1 aromatic carbocycles. The standard InChI is InChI=1S/C26H33NO2/c28-26(29-16-17-5-2-1-3-6-17)27-23-7-4-8-24(27)15-22(14-23)25-20-10-18-9-19(12-20)13-21(25)11-18/h1-3,5-6,14,18-21,23-25H,4,7-13,15-16H2. The number of carbonyl (C=O) groups excluding carboxylic acids is 1. The Hall–Kier alpha value is -1.77. The summed E-state index contributed by atoms with van der Waals surface area (Å²) in [5, 5.41) is 0. The molecule has 1 aromatic rings. The Morgan fingerprint density at radius 3 is 2.38 bits per heavy atom. The van der Waals surface area contributed by atoms with Gasteiger partial charge in [0.25, 0.3) is 0 Å². The molecule has 29 heavy (non-hydrogen) atoms. The third-order valence-electron chi connectivity index (χ3n) is 8.74. The van der Waals surface area contributed by atoms with Crippen LogP contribution in [0.25, 0.3) is 0 Å². The normalized spacial score (nSPS) is 39.9. The largest absolute Gasteiger partial charge is 0.445 e. The molecule has 0 radical (unpaired) electrons. The zero-order chi connectivity index (χ0) is 19.4. The van der Waals surface area contributed by atoms with E-state index in [-0.39, 0.29) is 12.1 Å². The summed E-state index contributed by atoms with van der Waals surface area (Å²) in [7, 11) is 0. The van der Waals surface area contributed by atoms with E-state index in [0.717, 1.165) is 54.4 Å². The topological polar surface area (TPSA) is 29.5 Å². The minimum absolute atomic E-state index is 0.107. The molecule has 154 valence electrons. The van der Waals surface area contributed by atoms with Crippen molar-refractivity contribution in [2.24, 2.45) is 29.6 Å². The highest BCUT2D eigenvalue weighted by atomic mass is 16.6. The molecule has 7 rings (SSSR count). The fourth-order valence-electron chi connectivity index (χ4n) is 7.92. The van der Waals surface area contributed by atoms with E-state index in [9.17, 15) is 4.79 Å². The number of nitrogens with zero attached hydrogens (tertiary/aromatic N) is 1. The number of benzene rings is 1. The first-order valence-corrected chi connectivity index (χ1v) is 11.9. The molecule has 3 heteroatoms. The third kappa shape index (κ3) is 3.21. The molecule has 1 amide bonds. The van der Waals surface area contributed by atoms with E-state index in [0.29, 0.717) is 12.6 Å². The second-order valence-electron chi connectivity index (χ2n) is 10.5. The van der Waals surface area contributed by atoms with Gasteiger partial charge in [-0.25, -0.2) is 4.79 Å². The highest BCUT2D eigenvalue weighted by Crippen LogP contribution is 2.59. The lowest BCUT2D eigenvalue weighted by Gasteiger charge is -2.56.